The van der Waals surface area contributed by atoms with E-state index >= 15 is 0 Å². The van der Waals surface area contributed by atoms with Gasteiger partial charge in [0.05, 0.1) is 12.5 Å². The van der Waals surface area contributed by atoms with Gasteiger partial charge in [-0.2, -0.15) is 0 Å². The first-order valence-electron chi connectivity index (χ1n) is 4.96. The maximum absolute atomic E-state index is 11.4. The van der Waals surface area contributed by atoms with Crippen molar-refractivity contribution >= 4 is 5.91 Å². The van der Waals surface area contributed by atoms with Gasteiger partial charge in [-0.1, -0.05) is 0 Å². The predicted molar refractivity (Wildman–Crippen MR) is 55.0 cm³/mol. The maximum atomic E-state index is 11.4. The fourth-order valence-electron chi connectivity index (χ4n) is 1.51. The summed E-state index contributed by atoms with van der Waals surface area (Å²) in [6, 6.07) is 0. The van der Waals surface area contributed by atoms with E-state index < -0.39 is 6.10 Å². The number of amides is 1. The Morgan fingerprint density at radius 3 is 2.50 bits per heavy atom. The average Bonchev–Trinajstić information content (AvgIpc) is 2.29. The second-order valence-electron chi connectivity index (χ2n) is 4.84. The zero-order valence-electron chi connectivity index (χ0n) is 9.45. The molecule has 0 aliphatic carbocycles. The molecule has 1 rings (SSSR count). The molecule has 0 aromatic rings. The Bertz CT molecular complexity index is 226. The highest BCUT2D eigenvalue weighted by Gasteiger charge is 2.33. The van der Waals surface area contributed by atoms with E-state index in [2.05, 4.69) is 18.7 Å². The number of likely N-dealkylation sites (N-methyl/N-ethyl adjacent to an activating group) is 1. The average molecular weight is 200 g/mol. The van der Waals surface area contributed by atoms with Gasteiger partial charge in [-0.25, -0.2) is 0 Å². The number of carbonyl (C=O) groups is 1. The van der Waals surface area contributed by atoms with Gasteiger partial charge in [0, 0.05) is 18.6 Å². The number of hydrogen-bond donors (Lipinski definition) is 1. The number of aliphatic hydroxyl groups excluding tert-OH is 1. The fraction of sp³-hybridized carbons (Fsp3) is 0.900. The van der Waals surface area contributed by atoms with Gasteiger partial charge in [0.15, 0.2) is 0 Å². The van der Waals surface area contributed by atoms with Gasteiger partial charge < -0.3 is 14.9 Å². The number of rotatable bonds is 3. The zero-order chi connectivity index (χ0) is 10.9. The Kier molecular flexibility index (Phi) is 3.17. The number of hydrogen-bond acceptors (Lipinski definition) is 3. The summed E-state index contributed by atoms with van der Waals surface area (Å²) in [6.07, 6.45) is -0.191. The molecule has 14 heavy (non-hydrogen) atoms. The predicted octanol–water partition coefficient (Wildman–Crippen LogP) is -0.0802. The van der Waals surface area contributed by atoms with Crippen molar-refractivity contribution in [1.82, 2.24) is 9.80 Å². The van der Waals surface area contributed by atoms with E-state index in [1.54, 1.807) is 4.90 Å². The highest BCUT2D eigenvalue weighted by Crippen LogP contribution is 2.17. The number of β-amino-alcohol motifs (C(OH)–C–C–N with tert-alkyl or cyclic N) is 1. The minimum atomic E-state index is -0.472. The van der Waals surface area contributed by atoms with Crippen LogP contribution in [0.15, 0.2) is 0 Å². The van der Waals surface area contributed by atoms with Crippen LogP contribution in [-0.2, 0) is 4.79 Å². The zero-order valence-corrected chi connectivity index (χ0v) is 9.45. The normalized spacial score (nSPS) is 23.7. The quantitative estimate of drug-likeness (QED) is 0.693. The molecular weight excluding hydrogens is 180 g/mol. The third-order valence-electron chi connectivity index (χ3n) is 2.98. The minimum Gasteiger partial charge on any atom is -0.391 e. The Balaban J connectivity index is 2.56. The first-order valence-corrected chi connectivity index (χ1v) is 4.96. The van der Waals surface area contributed by atoms with Gasteiger partial charge in [-0.05, 0) is 27.9 Å². The summed E-state index contributed by atoms with van der Waals surface area (Å²) in [7, 11) is 3.99. The Labute approximate surface area is 85.5 Å². The van der Waals surface area contributed by atoms with Crippen LogP contribution in [0.25, 0.3) is 0 Å². The Hall–Kier alpha value is -0.610. The molecule has 82 valence electrons. The Morgan fingerprint density at radius 2 is 2.14 bits per heavy atom. The van der Waals surface area contributed by atoms with E-state index in [-0.39, 0.29) is 17.9 Å². The molecule has 1 aliphatic heterocycles. The lowest BCUT2D eigenvalue weighted by Crippen LogP contribution is -2.48. The van der Waals surface area contributed by atoms with E-state index in [0.717, 1.165) is 0 Å². The lowest BCUT2D eigenvalue weighted by atomic mass is 10.0. The fourth-order valence-corrected chi connectivity index (χ4v) is 1.51. The summed E-state index contributed by atoms with van der Waals surface area (Å²) in [4.78, 5) is 15.3. The van der Waals surface area contributed by atoms with Crippen molar-refractivity contribution in [2.45, 2.75) is 31.9 Å². The first-order chi connectivity index (χ1) is 6.33. The van der Waals surface area contributed by atoms with Crippen molar-refractivity contribution < 1.29 is 9.90 Å². The summed E-state index contributed by atoms with van der Waals surface area (Å²) in [6.45, 7) is 5.34. The van der Waals surface area contributed by atoms with Crippen molar-refractivity contribution in [1.29, 1.82) is 0 Å². The topological polar surface area (TPSA) is 43.8 Å². The molecule has 0 aromatic carbocycles. The molecule has 1 atom stereocenters. The summed E-state index contributed by atoms with van der Waals surface area (Å²) >= 11 is 0. The lowest BCUT2D eigenvalue weighted by molar-refractivity contribution is -0.129. The third kappa shape index (κ3) is 2.45. The molecule has 1 fully saturated rings. The minimum absolute atomic E-state index is 0.0419. The maximum Gasteiger partial charge on any atom is 0.225 e. The molecule has 0 spiro atoms. The molecule has 4 nitrogen and oxygen atoms in total. The van der Waals surface area contributed by atoms with Gasteiger partial charge in [0.2, 0.25) is 5.91 Å². The molecule has 0 radical (unpaired) electrons. The van der Waals surface area contributed by atoms with Crippen LogP contribution in [0.2, 0.25) is 0 Å². The van der Waals surface area contributed by atoms with Crippen LogP contribution >= 0.6 is 0 Å². The van der Waals surface area contributed by atoms with Gasteiger partial charge >= 0.3 is 0 Å². The van der Waals surface area contributed by atoms with Crippen LogP contribution in [0.4, 0.5) is 0 Å². The van der Waals surface area contributed by atoms with Crippen LogP contribution in [0.3, 0.4) is 0 Å². The molecule has 1 heterocycles. The van der Waals surface area contributed by atoms with Crippen molar-refractivity contribution in [2.75, 3.05) is 27.2 Å². The number of likely N-dealkylation sites (tertiary alicyclic amines) is 1. The molecular formula is C10H20N2O2. The lowest BCUT2D eigenvalue weighted by Gasteiger charge is -2.36. The van der Waals surface area contributed by atoms with Crippen molar-refractivity contribution in [3.63, 3.8) is 0 Å². The van der Waals surface area contributed by atoms with E-state index in [0.29, 0.717) is 13.1 Å². The molecule has 1 saturated heterocycles. The summed E-state index contributed by atoms with van der Waals surface area (Å²) < 4.78 is 0. The van der Waals surface area contributed by atoms with Crippen LogP contribution in [0, 0.1) is 0 Å². The second kappa shape index (κ2) is 3.87. The van der Waals surface area contributed by atoms with Crippen LogP contribution in [0.1, 0.15) is 20.3 Å². The highest BCUT2D eigenvalue weighted by atomic mass is 16.3. The molecule has 0 aromatic heterocycles. The van der Waals surface area contributed by atoms with Crippen molar-refractivity contribution in [3.05, 3.63) is 0 Å². The summed E-state index contributed by atoms with van der Waals surface area (Å²) in [5, 5.41) is 9.33. The molecule has 1 unspecified atom stereocenters. The summed E-state index contributed by atoms with van der Waals surface area (Å²) in [5.74, 6) is 0.0624. The van der Waals surface area contributed by atoms with E-state index in [1.165, 1.54) is 0 Å². The molecule has 4 heteroatoms. The van der Waals surface area contributed by atoms with E-state index in [4.69, 9.17) is 0 Å². The second-order valence-corrected chi connectivity index (χ2v) is 4.84. The van der Waals surface area contributed by atoms with Crippen LogP contribution in [-0.4, -0.2) is 59.6 Å². The smallest absolute Gasteiger partial charge is 0.225 e. The molecule has 0 saturated carbocycles. The van der Waals surface area contributed by atoms with Crippen LogP contribution < -0.4 is 0 Å². The van der Waals surface area contributed by atoms with E-state index in [9.17, 15) is 9.90 Å². The molecule has 1 aliphatic rings. The number of nitrogens with zero attached hydrogens (tertiary/aromatic N) is 2. The number of aliphatic hydroxyl groups is 1. The molecule has 0 bridgehead atoms. The van der Waals surface area contributed by atoms with Gasteiger partial charge in [-0.3, -0.25) is 4.79 Å². The van der Waals surface area contributed by atoms with Crippen molar-refractivity contribution in [3.8, 4) is 0 Å². The standard InChI is InChI=1S/C10H20N2O2/c1-10(2,11(3)4)7-12-6-8(13)5-9(12)14/h8,13H,5-7H2,1-4H3. The summed E-state index contributed by atoms with van der Waals surface area (Å²) in [5.41, 5.74) is -0.0419. The molecule has 1 amide bonds. The SMILES string of the molecule is CN(C)C(C)(C)CN1CC(O)CC1=O. The van der Waals surface area contributed by atoms with Crippen molar-refractivity contribution in [2.24, 2.45) is 0 Å². The van der Waals surface area contributed by atoms with Gasteiger partial charge in [0.25, 0.3) is 0 Å². The van der Waals surface area contributed by atoms with Gasteiger partial charge in [0.1, 0.15) is 0 Å². The number of carbonyl (C=O) groups excluding carboxylic acids is 1. The third-order valence-corrected chi connectivity index (χ3v) is 2.98. The highest BCUT2D eigenvalue weighted by molar-refractivity contribution is 5.79. The monoisotopic (exact) mass is 200 g/mol. The Morgan fingerprint density at radius 1 is 1.57 bits per heavy atom. The van der Waals surface area contributed by atoms with Crippen LogP contribution in [0.5, 0.6) is 0 Å². The first kappa shape index (κ1) is 11.5. The largest absolute Gasteiger partial charge is 0.391 e. The van der Waals surface area contributed by atoms with E-state index in [1.807, 2.05) is 14.1 Å². The van der Waals surface area contributed by atoms with Gasteiger partial charge in [-0.15, -0.1) is 0 Å². The molecule has 1 N–H and O–H groups in total.